The Bertz CT molecular complexity index is 1440. The topological polar surface area (TPSA) is 110 Å². The second kappa shape index (κ2) is 10.2. The van der Waals surface area contributed by atoms with Gasteiger partial charge in [-0.2, -0.15) is 0 Å². The lowest BCUT2D eigenvalue weighted by atomic mass is 10.1. The maximum Gasteiger partial charge on any atom is 0.264 e. The molecule has 35 heavy (non-hydrogen) atoms. The molecule has 1 aliphatic heterocycles. The first kappa shape index (κ1) is 25.0. The van der Waals surface area contributed by atoms with Crippen molar-refractivity contribution in [3.63, 3.8) is 0 Å². The van der Waals surface area contributed by atoms with Gasteiger partial charge in [0.05, 0.1) is 15.5 Å². The Kier molecular flexibility index (Phi) is 7.32. The molecule has 0 saturated heterocycles. The molecule has 0 atom stereocenters. The lowest BCUT2D eigenvalue weighted by molar-refractivity contribution is -0.114. The standard InChI is InChI=1S/C25H22ClN3O4S2/c1-29-21-14-18(24(30)28-13-12-16-6-9-19(10-7-16)35(27,32)33)8-11-22(21)34-23(25(29)31)15-17-4-2-3-5-20(17)26/h2-11,14-15H,12-13H2,1H3,(H,28,30)(H2,27,32,33)/b23-15+. The van der Waals surface area contributed by atoms with Gasteiger partial charge < -0.3 is 10.2 Å². The molecule has 0 aromatic heterocycles. The molecule has 0 aliphatic carbocycles. The smallest absolute Gasteiger partial charge is 0.264 e. The second-order valence-corrected chi connectivity index (χ2v) is 10.9. The van der Waals surface area contributed by atoms with Crippen LogP contribution in [0.2, 0.25) is 5.02 Å². The summed E-state index contributed by atoms with van der Waals surface area (Å²) in [5.41, 5.74) is 2.72. The van der Waals surface area contributed by atoms with Crippen molar-refractivity contribution in [1.29, 1.82) is 0 Å². The Morgan fingerprint density at radius 2 is 1.83 bits per heavy atom. The van der Waals surface area contributed by atoms with Crippen molar-refractivity contribution in [3.05, 3.63) is 93.3 Å². The van der Waals surface area contributed by atoms with Crippen LogP contribution in [0.1, 0.15) is 21.5 Å². The molecule has 1 aliphatic rings. The van der Waals surface area contributed by atoms with Crippen LogP contribution in [0.4, 0.5) is 5.69 Å². The third-order valence-corrected chi connectivity index (χ3v) is 7.81. The summed E-state index contributed by atoms with van der Waals surface area (Å²) in [6.07, 6.45) is 2.29. The summed E-state index contributed by atoms with van der Waals surface area (Å²) >= 11 is 7.58. The van der Waals surface area contributed by atoms with Crippen molar-refractivity contribution in [1.82, 2.24) is 5.32 Å². The molecule has 3 aromatic rings. The molecule has 7 nitrogen and oxygen atoms in total. The minimum Gasteiger partial charge on any atom is -0.352 e. The SMILES string of the molecule is CN1C(=O)/C(=C\c2ccccc2Cl)Sc2ccc(C(=O)NCCc3ccc(S(N)(=O)=O)cc3)cc21. The number of nitrogens with one attached hydrogen (secondary N) is 1. The molecule has 0 fully saturated rings. The zero-order chi connectivity index (χ0) is 25.2. The molecule has 3 aromatic carbocycles. The average molecular weight is 528 g/mol. The number of hydrogen-bond acceptors (Lipinski definition) is 5. The van der Waals surface area contributed by atoms with Gasteiger partial charge in [-0.1, -0.05) is 53.7 Å². The summed E-state index contributed by atoms with van der Waals surface area (Å²) in [6.45, 7) is 0.360. The molecule has 180 valence electrons. The molecule has 4 rings (SSSR count). The third-order valence-electron chi connectivity index (χ3n) is 5.46. The number of primary sulfonamides is 1. The molecule has 0 spiro atoms. The first-order valence-corrected chi connectivity index (χ1v) is 13.3. The van der Waals surface area contributed by atoms with Crippen molar-refractivity contribution in [2.24, 2.45) is 5.14 Å². The van der Waals surface area contributed by atoms with E-state index < -0.39 is 10.0 Å². The van der Waals surface area contributed by atoms with Crippen LogP contribution in [0.3, 0.4) is 0 Å². The predicted octanol–water partition coefficient (Wildman–Crippen LogP) is 4.07. The monoisotopic (exact) mass is 527 g/mol. The van der Waals surface area contributed by atoms with E-state index in [9.17, 15) is 18.0 Å². The summed E-state index contributed by atoms with van der Waals surface area (Å²) in [6, 6.07) is 18.8. The van der Waals surface area contributed by atoms with E-state index in [-0.39, 0.29) is 16.7 Å². The quantitative estimate of drug-likeness (QED) is 0.470. The lowest BCUT2D eigenvalue weighted by Crippen LogP contribution is -2.31. The van der Waals surface area contributed by atoms with Crippen molar-refractivity contribution >= 4 is 57.0 Å². The van der Waals surface area contributed by atoms with Crippen molar-refractivity contribution in [2.45, 2.75) is 16.2 Å². The van der Waals surface area contributed by atoms with E-state index in [2.05, 4.69) is 5.32 Å². The fraction of sp³-hybridized carbons (Fsp3) is 0.120. The van der Waals surface area contributed by atoms with Gasteiger partial charge in [0.25, 0.3) is 11.8 Å². The highest BCUT2D eigenvalue weighted by Crippen LogP contribution is 2.42. The number of amides is 2. The molecular formula is C25H22ClN3O4S2. The van der Waals surface area contributed by atoms with Crippen molar-refractivity contribution in [2.75, 3.05) is 18.5 Å². The highest BCUT2D eigenvalue weighted by Gasteiger charge is 2.27. The molecule has 0 unspecified atom stereocenters. The number of sulfonamides is 1. The van der Waals surface area contributed by atoms with Crippen LogP contribution in [-0.2, 0) is 21.2 Å². The minimum absolute atomic E-state index is 0.0424. The second-order valence-electron chi connectivity index (χ2n) is 7.87. The van der Waals surface area contributed by atoms with Gasteiger partial charge >= 0.3 is 0 Å². The Labute approximate surface area is 213 Å². The number of carbonyl (C=O) groups excluding carboxylic acids is 2. The van der Waals surface area contributed by atoms with Crippen LogP contribution in [0.15, 0.2) is 81.4 Å². The van der Waals surface area contributed by atoms with E-state index in [0.29, 0.717) is 34.1 Å². The van der Waals surface area contributed by atoms with Gasteiger partial charge in [0.15, 0.2) is 0 Å². The predicted molar refractivity (Wildman–Crippen MR) is 139 cm³/mol. The van der Waals surface area contributed by atoms with Crippen molar-refractivity contribution < 1.29 is 18.0 Å². The number of hydrogen-bond donors (Lipinski definition) is 2. The van der Waals surface area contributed by atoms with E-state index in [0.717, 1.165) is 16.0 Å². The molecule has 3 N–H and O–H groups in total. The number of carbonyl (C=O) groups is 2. The lowest BCUT2D eigenvalue weighted by Gasteiger charge is -2.27. The molecule has 1 heterocycles. The van der Waals surface area contributed by atoms with Gasteiger partial charge in [-0.3, -0.25) is 9.59 Å². The fourth-order valence-electron chi connectivity index (χ4n) is 3.54. The summed E-state index contributed by atoms with van der Waals surface area (Å²) in [7, 11) is -2.06. The number of benzene rings is 3. The number of likely N-dealkylation sites (N-methyl/N-ethyl adjacent to an activating group) is 1. The van der Waals surface area contributed by atoms with Crippen LogP contribution >= 0.6 is 23.4 Å². The number of nitrogens with two attached hydrogens (primary N) is 1. The Hall–Kier alpha value is -3.11. The molecule has 0 bridgehead atoms. The maximum atomic E-state index is 12.9. The van der Waals surface area contributed by atoms with Gasteiger partial charge in [-0.25, -0.2) is 13.6 Å². The molecule has 0 radical (unpaired) electrons. The summed E-state index contributed by atoms with van der Waals surface area (Å²) in [5.74, 6) is -0.444. The normalized spacial score (nSPS) is 14.7. The number of halogens is 1. The Morgan fingerprint density at radius 3 is 2.51 bits per heavy atom. The summed E-state index contributed by atoms with van der Waals surface area (Å²) in [5, 5.41) is 8.53. The van der Waals surface area contributed by atoms with E-state index >= 15 is 0 Å². The zero-order valence-corrected chi connectivity index (χ0v) is 21.1. The van der Waals surface area contributed by atoms with Crippen LogP contribution in [0.25, 0.3) is 6.08 Å². The third kappa shape index (κ3) is 5.76. The highest BCUT2D eigenvalue weighted by molar-refractivity contribution is 8.04. The van der Waals surface area contributed by atoms with Gasteiger partial charge in [0.1, 0.15) is 0 Å². The minimum atomic E-state index is -3.74. The average Bonchev–Trinajstić information content (AvgIpc) is 2.83. The van der Waals surface area contributed by atoms with E-state index in [4.69, 9.17) is 16.7 Å². The van der Waals surface area contributed by atoms with Crippen LogP contribution in [0.5, 0.6) is 0 Å². The van der Waals surface area contributed by atoms with Gasteiger partial charge in [-0.05, 0) is 60.0 Å². The van der Waals surface area contributed by atoms with E-state index in [1.54, 1.807) is 43.5 Å². The first-order chi connectivity index (χ1) is 16.6. The van der Waals surface area contributed by atoms with Gasteiger partial charge in [-0.15, -0.1) is 0 Å². The van der Waals surface area contributed by atoms with Crippen LogP contribution in [-0.4, -0.2) is 33.8 Å². The Morgan fingerprint density at radius 1 is 1.11 bits per heavy atom. The number of anilines is 1. The zero-order valence-electron chi connectivity index (χ0n) is 18.7. The maximum absolute atomic E-state index is 12.9. The number of rotatable bonds is 6. The number of fused-ring (bicyclic) bond motifs is 1. The molecule has 2 amide bonds. The van der Waals surface area contributed by atoms with Gasteiger partial charge in [0.2, 0.25) is 10.0 Å². The fourth-order valence-corrected chi connectivity index (χ4v) is 5.33. The summed E-state index contributed by atoms with van der Waals surface area (Å²) in [4.78, 5) is 28.6. The highest BCUT2D eigenvalue weighted by atomic mass is 35.5. The van der Waals surface area contributed by atoms with Crippen molar-refractivity contribution in [3.8, 4) is 0 Å². The van der Waals surface area contributed by atoms with E-state index in [1.807, 2.05) is 24.3 Å². The number of thioether (sulfide) groups is 1. The summed E-state index contributed by atoms with van der Waals surface area (Å²) < 4.78 is 22.7. The largest absolute Gasteiger partial charge is 0.352 e. The van der Waals surface area contributed by atoms with Crippen LogP contribution in [0, 0.1) is 0 Å². The van der Waals surface area contributed by atoms with E-state index in [1.165, 1.54) is 28.8 Å². The first-order valence-electron chi connectivity index (χ1n) is 10.6. The molecule has 10 heteroatoms. The molecular weight excluding hydrogens is 506 g/mol. The molecule has 0 saturated carbocycles. The Balaban J connectivity index is 1.43. The van der Waals surface area contributed by atoms with Crippen LogP contribution < -0.4 is 15.4 Å². The number of nitrogens with zero attached hydrogens (tertiary/aromatic N) is 1. The van der Waals surface area contributed by atoms with Gasteiger partial charge in [0, 0.05) is 29.1 Å².